The van der Waals surface area contributed by atoms with Gasteiger partial charge in [-0.05, 0) is 38.4 Å². The summed E-state index contributed by atoms with van der Waals surface area (Å²) in [4.78, 5) is 28.6. The molecule has 0 bridgehead atoms. The predicted octanol–water partition coefficient (Wildman–Crippen LogP) is 1.97. The lowest BCUT2D eigenvalue weighted by Crippen LogP contribution is -2.50. The zero-order valence-corrected chi connectivity index (χ0v) is 15.9. The molecule has 1 aromatic rings. The fraction of sp³-hybridized carbons (Fsp3) is 0.556. The third-order valence-electron chi connectivity index (χ3n) is 5.33. The zero-order valence-electron chi connectivity index (χ0n) is 15.1. The summed E-state index contributed by atoms with van der Waals surface area (Å²) in [6.07, 6.45) is 2.06. The second-order valence-corrected chi connectivity index (χ2v) is 6.94. The molecule has 6 nitrogen and oxygen atoms in total. The van der Waals surface area contributed by atoms with Gasteiger partial charge in [0, 0.05) is 25.7 Å². The van der Waals surface area contributed by atoms with Crippen molar-refractivity contribution in [2.24, 2.45) is 0 Å². The first-order chi connectivity index (χ1) is 12.4. The van der Waals surface area contributed by atoms with Crippen LogP contribution in [0.5, 0.6) is 0 Å². The Labute approximate surface area is 163 Å². The highest BCUT2D eigenvalue weighted by atomic mass is 35.5. The van der Waals surface area contributed by atoms with E-state index in [1.807, 2.05) is 9.80 Å². The van der Waals surface area contributed by atoms with E-state index in [2.05, 4.69) is 0 Å². The van der Waals surface area contributed by atoms with Crippen LogP contribution in [0.4, 0.5) is 14.5 Å². The number of carbonyl (C=O) groups is 2. The molecule has 1 aromatic carbocycles. The summed E-state index contributed by atoms with van der Waals surface area (Å²) in [6.45, 7) is 1.62. The monoisotopic (exact) mass is 403 g/mol. The predicted molar refractivity (Wildman–Crippen MR) is 99.2 cm³/mol. The molecule has 0 saturated carbocycles. The Morgan fingerprint density at radius 2 is 1.78 bits per heavy atom. The number of carboxylic acid groups (broad SMARTS) is 1. The van der Waals surface area contributed by atoms with Crippen LogP contribution in [0.25, 0.3) is 0 Å². The molecule has 1 atom stereocenters. The first-order valence-corrected chi connectivity index (χ1v) is 8.80. The Morgan fingerprint density at radius 1 is 1.19 bits per heavy atom. The van der Waals surface area contributed by atoms with E-state index in [4.69, 9.17) is 5.11 Å². The van der Waals surface area contributed by atoms with E-state index in [0.29, 0.717) is 26.1 Å². The molecule has 9 heteroatoms. The summed E-state index contributed by atoms with van der Waals surface area (Å²) in [5.74, 6) is -2.59. The Hall–Kier alpha value is -1.77. The molecule has 2 heterocycles. The van der Waals surface area contributed by atoms with Crippen LogP contribution in [-0.4, -0.2) is 72.1 Å². The van der Waals surface area contributed by atoms with Gasteiger partial charge in [0.25, 0.3) is 0 Å². The molecule has 27 heavy (non-hydrogen) atoms. The number of hydrogen-bond donors (Lipinski definition) is 1. The van der Waals surface area contributed by atoms with Crippen molar-refractivity contribution in [2.75, 3.05) is 38.1 Å². The number of aliphatic carboxylic acids is 1. The number of halogens is 3. The molecule has 1 N–H and O–H groups in total. The smallest absolute Gasteiger partial charge is 0.317 e. The summed E-state index contributed by atoms with van der Waals surface area (Å²) in [7, 11) is 1.79. The Bertz CT molecular complexity index is 678. The number of piperidine rings is 1. The number of likely N-dealkylation sites (tertiary alicyclic amines) is 1. The highest BCUT2D eigenvalue weighted by Gasteiger charge is 2.40. The van der Waals surface area contributed by atoms with E-state index in [0.717, 1.165) is 25.0 Å². The fourth-order valence-corrected chi connectivity index (χ4v) is 3.95. The van der Waals surface area contributed by atoms with Gasteiger partial charge in [0.1, 0.15) is 17.3 Å². The van der Waals surface area contributed by atoms with Crippen LogP contribution in [0, 0.1) is 11.6 Å². The van der Waals surface area contributed by atoms with Gasteiger partial charge in [-0.2, -0.15) is 0 Å². The minimum atomic E-state index is -0.858. The van der Waals surface area contributed by atoms with Crippen LogP contribution in [0.1, 0.15) is 19.3 Å². The highest BCUT2D eigenvalue weighted by Crippen LogP contribution is 2.30. The molecule has 2 aliphatic heterocycles. The van der Waals surface area contributed by atoms with E-state index in [1.165, 1.54) is 11.0 Å². The summed E-state index contributed by atoms with van der Waals surface area (Å²) in [6, 6.07) is 3.38. The first-order valence-electron chi connectivity index (χ1n) is 8.80. The van der Waals surface area contributed by atoms with Crippen molar-refractivity contribution in [3.05, 3.63) is 29.8 Å². The van der Waals surface area contributed by atoms with Crippen LogP contribution in [-0.2, 0) is 9.59 Å². The van der Waals surface area contributed by atoms with Crippen molar-refractivity contribution >= 4 is 30.0 Å². The van der Waals surface area contributed by atoms with Gasteiger partial charge in [0.15, 0.2) is 0 Å². The number of anilines is 1. The summed E-state index contributed by atoms with van der Waals surface area (Å²) < 4.78 is 28.0. The van der Waals surface area contributed by atoms with Gasteiger partial charge in [-0.3, -0.25) is 19.4 Å². The van der Waals surface area contributed by atoms with Crippen molar-refractivity contribution in [3.8, 4) is 0 Å². The van der Waals surface area contributed by atoms with Crippen molar-refractivity contribution in [1.82, 2.24) is 9.80 Å². The maximum atomic E-state index is 14.0. The average Bonchev–Trinajstić information content (AvgIpc) is 2.96. The minimum absolute atomic E-state index is 0. The Morgan fingerprint density at radius 3 is 2.33 bits per heavy atom. The van der Waals surface area contributed by atoms with Gasteiger partial charge >= 0.3 is 5.97 Å². The molecule has 0 radical (unpaired) electrons. The number of rotatable bonds is 5. The normalized spacial score (nSPS) is 21.6. The van der Waals surface area contributed by atoms with Crippen LogP contribution < -0.4 is 4.90 Å². The van der Waals surface area contributed by atoms with Gasteiger partial charge in [0.05, 0.1) is 12.6 Å². The number of carboxylic acids is 1. The van der Waals surface area contributed by atoms with E-state index in [-0.39, 0.29) is 42.6 Å². The Kier molecular flexibility index (Phi) is 7.13. The molecule has 0 spiro atoms. The molecule has 3 rings (SSSR count). The van der Waals surface area contributed by atoms with E-state index < -0.39 is 17.6 Å². The number of hydrogen-bond acceptors (Lipinski definition) is 4. The fourth-order valence-electron chi connectivity index (χ4n) is 3.95. The van der Waals surface area contributed by atoms with Crippen molar-refractivity contribution in [2.45, 2.75) is 31.3 Å². The molecule has 0 aromatic heterocycles. The van der Waals surface area contributed by atoms with Crippen LogP contribution in [0.2, 0.25) is 0 Å². The van der Waals surface area contributed by atoms with Crippen molar-refractivity contribution in [3.63, 3.8) is 0 Å². The summed E-state index contributed by atoms with van der Waals surface area (Å²) in [5, 5.41) is 8.89. The number of amides is 1. The molecular formula is C18H24ClF2N3O3. The van der Waals surface area contributed by atoms with E-state index in [9.17, 15) is 18.4 Å². The quantitative estimate of drug-likeness (QED) is 0.814. The van der Waals surface area contributed by atoms with E-state index in [1.54, 1.807) is 7.05 Å². The summed E-state index contributed by atoms with van der Waals surface area (Å²) in [5.41, 5.74) is -0.268. The third kappa shape index (κ3) is 4.56. The highest BCUT2D eigenvalue weighted by molar-refractivity contribution is 5.99. The van der Waals surface area contributed by atoms with Crippen LogP contribution in [0.15, 0.2) is 18.2 Å². The molecule has 150 valence electrons. The van der Waals surface area contributed by atoms with Crippen molar-refractivity contribution < 1.29 is 23.5 Å². The van der Waals surface area contributed by atoms with Crippen LogP contribution >= 0.6 is 12.4 Å². The first kappa shape index (κ1) is 21.5. The second-order valence-electron chi connectivity index (χ2n) is 6.94. The minimum Gasteiger partial charge on any atom is -0.480 e. The molecule has 1 amide bonds. The SMILES string of the molecule is CN(CC(=O)O)C1CCN(C2CCN(c3c(F)cccc3F)C2=O)CC1.Cl. The van der Waals surface area contributed by atoms with Gasteiger partial charge in [-0.25, -0.2) is 8.78 Å². The third-order valence-corrected chi connectivity index (χ3v) is 5.33. The maximum absolute atomic E-state index is 14.0. The number of benzene rings is 1. The number of carbonyl (C=O) groups excluding carboxylic acids is 1. The second kappa shape index (κ2) is 8.95. The zero-order chi connectivity index (χ0) is 18.8. The maximum Gasteiger partial charge on any atom is 0.317 e. The van der Waals surface area contributed by atoms with E-state index >= 15 is 0 Å². The van der Waals surface area contributed by atoms with Gasteiger partial charge in [-0.15, -0.1) is 12.4 Å². The molecule has 1 unspecified atom stereocenters. The van der Waals surface area contributed by atoms with Crippen LogP contribution in [0.3, 0.4) is 0 Å². The number of nitrogens with zero attached hydrogens (tertiary/aromatic N) is 3. The Balaban J connectivity index is 0.00000261. The lowest BCUT2D eigenvalue weighted by molar-refractivity contribution is -0.138. The number of likely N-dealkylation sites (N-methyl/N-ethyl adjacent to an activating group) is 1. The van der Waals surface area contributed by atoms with Gasteiger partial charge < -0.3 is 10.0 Å². The molecule has 2 fully saturated rings. The molecule has 0 aliphatic carbocycles. The number of para-hydroxylation sites is 1. The average molecular weight is 404 g/mol. The van der Waals surface area contributed by atoms with Gasteiger partial charge in [-0.1, -0.05) is 6.07 Å². The van der Waals surface area contributed by atoms with Gasteiger partial charge in [0.2, 0.25) is 5.91 Å². The van der Waals surface area contributed by atoms with Crippen molar-refractivity contribution in [1.29, 1.82) is 0 Å². The summed E-state index contributed by atoms with van der Waals surface area (Å²) >= 11 is 0. The molecular weight excluding hydrogens is 380 g/mol. The molecule has 2 aliphatic rings. The standard InChI is InChI=1S/C18H23F2N3O3.ClH/c1-21(11-16(24)25)12-5-8-22(9-6-12)15-7-10-23(18(15)26)17-13(19)3-2-4-14(17)20;/h2-4,12,15H,5-11H2,1H3,(H,24,25);1H. The lowest BCUT2D eigenvalue weighted by Gasteiger charge is -2.38. The molecule has 2 saturated heterocycles. The topological polar surface area (TPSA) is 64.1 Å². The lowest BCUT2D eigenvalue weighted by atomic mass is 10.0. The largest absolute Gasteiger partial charge is 0.480 e.